The van der Waals surface area contributed by atoms with E-state index < -0.39 is 0 Å². The Bertz CT molecular complexity index is 938. The van der Waals surface area contributed by atoms with Crippen molar-refractivity contribution < 1.29 is 0 Å². The van der Waals surface area contributed by atoms with Gasteiger partial charge in [0.15, 0.2) is 5.96 Å². The molecule has 1 aromatic carbocycles. The standard InChI is InChI=1S/C22H28N6/c1-18-7-6-10-21-25-20(17-28(18)21)15-24-22(23-2)27-13-11-26(12-14-27)16-19-8-4-3-5-9-19/h3-10,17H,11-16H2,1-2H3,(H,23,24). The predicted molar refractivity (Wildman–Crippen MR) is 113 cm³/mol. The van der Waals surface area contributed by atoms with Gasteiger partial charge in [-0.05, 0) is 24.6 Å². The Morgan fingerprint density at radius 3 is 2.54 bits per heavy atom. The summed E-state index contributed by atoms with van der Waals surface area (Å²) in [6.07, 6.45) is 2.10. The van der Waals surface area contributed by atoms with E-state index >= 15 is 0 Å². The number of pyridine rings is 1. The third kappa shape index (κ3) is 4.17. The monoisotopic (exact) mass is 376 g/mol. The first-order valence-corrected chi connectivity index (χ1v) is 9.88. The Labute approximate surface area is 166 Å². The quantitative estimate of drug-likeness (QED) is 0.562. The van der Waals surface area contributed by atoms with Crippen molar-refractivity contribution in [2.45, 2.75) is 20.0 Å². The van der Waals surface area contributed by atoms with Crippen LogP contribution in [0.2, 0.25) is 0 Å². The summed E-state index contributed by atoms with van der Waals surface area (Å²) in [5.41, 5.74) is 4.58. The topological polar surface area (TPSA) is 48.2 Å². The van der Waals surface area contributed by atoms with Gasteiger partial charge in [0.25, 0.3) is 0 Å². The number of benzene rings is 1. The zero-order chi connectivity index (χ0) is 19.3. The molecule has 146 valence electrons. The molecule has 0 atom stereocenters. The molecular formula is C22H28N6. The highest BCUT2D eigenvalue weighted by Crippen LogP contribution is 2.10. The van der Waals surface area contributed by atoms with Crippen LogP contribution in [-0.4, -0.2) is 58.4 Å². The molecule has 1 N–H and O–H groups in total. The van der Waals surface area contributed by atoms with Crippen molar-refractivity contribution in [3.8, 4) is 0 Å². The van der Waals surface area contributed by atoms with E-state index in [-0.39, 0.29) is 0 Å². The fourth-order valence-corrected chi connectivity index (χ4v) is 3.75. The molecule has 0 amide bonds. The second-order valence-electron chi connectivity index (χ2n) is 7.28. The van der Waals surface area contributed by atoms with E-state index in [2.05, 4.69) is 74.0 Å². The van der Waals surface area contributed by atoms with Crippen molar-refractivity contribution >= 4 is 11.6 Å². The van der Waals surface area contributed by atoms with Gasteiger partial charge in [0.2, 0.25) is 0 Å². The maximum absolute atomic E-state index is 4.70. The van der Waals surface area contributed by atoms with Crippen LogP contribution < -0.4 is 5.32 Å². The molecule has 1 aliphatic rings. The summed E-state index contributed by atoms with van der Waals surface area (Å²) in [6.45, 7) is 7.85. The molecule has 6 heteroatoms. The minimum absolute atomic E-state index is 0.679. The Balaban J connectivity index is 1.31. The maximum Gasteiger partial charge on any atom is 0.194 e. The number of rotatable bonds is 4. The number of hydrogen-bond donors (Lipinski definition) is 1. The molecule has 4 rings (SSSR count). The SMILES string of the molecule is CN=C(NCc1cn2c(C)cccc2n1)N1CCN(Cc2ccccc2)CC1. The fraction of sp³-hybridized carbons (Fsp3) is 0.364. The molecule has 1 aliphatic heterocycles. The van der Waals surface area contributed by atoms with Gasteiger partial charge in [-0.15, -0.1) is 0 Å². The van der Waals surface area contributed by atoms with Crippen LogP contribution >= 0.6 is 0 Å². The lowest BCUT2D eigenvalue weighted by atomic mass is 10.2. The van der Waals surface area contributed by atoms with E-state index in [1.165, 1.54) is 11.3 Å². The van der Waals surface area contributed by atoms with Gasteiger partial charge in [0.05, 0.1) is 12.2 Å². The highest BCUT2D eigenvalue weighted by atomic mass is 15.3. The first-order valence-electron chi connectivity index (χ1n) is 9.88. The number of aliphatic imine (C=N–C) groups is 1. The van der Waals surface area contributed by atoms with Crippen molar-refractivity contribution in [2.24, 2.45) is 4.99 Å². The predicted octanol–water partition coefficient (Wildman–Crippen LogP) is 2.54. The Morgan fingerprint density at radius 2 is 1.82 bits per heavy atom. The normalized spacial score (nSPS) is 15.9. The molecule has 6 nitrogen and oxygen atoms in total. The number of fused-ring (bicyclic) bond motifs is 1. The third-order valence-electron chi connectivity index (χ3n) is 5.31. The number of guanidine groups is 1. The lowest BCUT2D eigenvalue weighted by molar-refractivity contribution is 0.172. The molecule has 0 spiro atoms. The number of piperazine rings is 1. The molecule has 0 radical (unpaired) electrons. The summed E-state index contributed by atoms with van der Waals surface area (Å²) < 4.78 is 2.13. The second-order valence-corrected chi connectivity index (χ2v) is 7.28. The lowest BCUT2D eigenvalue weighted by Crippen LogP contribution is -2.52. The van der Waals surface area contributed by atoms with Crippen LogP contribution in [0.15, 0.2) is 59.7 Å². The Kier molecular flexibility index (Phi) is 5.58. The number of imidazole rings is 1. The van der Waals surface area contributed by atoms with Crippen molar-refractivity contribution in [3.05, 3.63) is 71.7 Å². The lowest BCUT2D eigenvalue weighted by Gasteiger charge is -2.36. The minimum atomic E-state index is 0.679. The summed E-state index contributed by atoms with van der Waals surface area (Å²) in [7, 11) is 1.85. The van der Waals surface area contributed by atoms with E-state index in [0.717, 1.165) is 50.0 Å². The molecule has 28 heavy (non-hydrogen) atoms. The summed E-state index contributed by atoms with van der Waals surface area (Å²) >= 11 is 0. The zero-order valence-corrected chi connectivity index (χ0v) is 16.7. The number of nitrogens with zero attached hydrogens (tertiary/aromatic N) is 5. The van der Waals surface area contributed by atoms with Crippen LogP contribution in [-0.2, 0) is 13.1 Å². The van der Waals surface area contributed by atoms with Gasteiger partial charge in [0, 0.05) is 51.7 Å². The molecular weight excluding hydrogens is 348 g/mol. The smallest absolute Gasteiger partial charge is 0.194 e. The zero-order valence-electron chi connectivity index (χ0n) is 16.7. The van der Waals surface area contributed by atoms with Crippen molar-refractivity contribution in [2.75, 3.05) is 33.2 Å². The van der Waals surface area contributed by atoms with Gasteiger partial charge in [-0.25, -0.2) is 4.98 Å². The van der Waals surface area contributed by atoms with Crippen molar-refractivity contribution in [1.29, 1.82) is 0 Å². The van der Waals surface area contributed by atoms with Crippen molar-refractivity contribution in [1.82, 2.24) is 24.5 Å². The maximum atomic E-state index is 4.70. The van der Waals surface area contributed by atoms with Crippen LogP contribution in [0.5, 0.6) is 0 Å². The van der Waals surface area contributed by atoms with Gasteiger partial charge in [-0.3, -0.25) is 9.89 Å². The minimum Gasteiger partial charge on any atom is -0.351 e. The summed E-state index contributed by atoms with van der Waals surface area (Å²) in [5, 5.41) is 3.48. The van der Waals surface area contributed by atoms with E-state index in [9.17, 15) is 0 Å². The molecule has 3 heterocycles. The number of nitrogens with one attached hydrogen (secondary N) is 1. The van der Waals surface area contributed by atoms with Gasteiger partial charge in [-0.2, -0.15) is 0 Å². The number of aryl methyl sites for hydroxylation is 1. The fourth-order valence-electron chi connectivity index (χ4n) is 3.75. The highest BCUT2D eigenvalue weighted by Gasteiger charge is 2.19. The molecule has 3 aromatic rings. The van der Waals surface area contributed by atoms with E-state index in [0.29, 0.717) is 6.54 Å². The second kappa shape index (κ2) is 8.44. The van der Waals surface area contributed by atoms with Crippen LogP contribution in [0.1, 0.15) is 17.0 Å². The summed E-state index contributed by atoms with van der Waals surface area (Å²) in [5.74, 6) is 0.952. The number of aromatic nitrogens is 2. The number of hydrogen-bond acceptors (Lipinski definition) is 3. The van der Waals surface area contributed by atoms with Gasteiger partial charge < -0.3 is 14.6 Å². The molecule has 0 saturated carbocycles. The van der Waals surface area contributed by atoms with Gasteiger partial charge in [0.1, 0.15) is 5.65 Å². The molecule has 1 saturated heterocycles. The molecule has 1 fully saturated rings. The van der Waals surface area contributed by atoms with Crippen LogP contribution in [0.25, 0.3) is 5.65 Å². The average molecular weight is 377 g/mol. The van der Waals surface area contributed by atoms with E-state index in [1.807, 2.05) is 19.2 Å². The summed E-state index contributed by atoms with van der Waals surface area (Å²) in [6, 6.07) is 16.9. The molecule has 0 aliphatic carbocycles. The first kappa shape index (κ1) is 18.5. The van der Waals surface area contributed by atoms with E-state index in [4.69, 9.17) is 4.98 Å². The van der Waals surface area contributed by atoms with Crippen LogP contribution in [0, 0.1) is 6.92 Å². The third-order valence-corrected chi connectivity index (χ3v) is 5.31. The molecule has 0 bridgehead atoms. The Morgan fingerprint density at radius 1 is 1.04 bits per heavy atom. The average Bonchev–Trinajstić information content (AvgIpc) is 3.15. The summed E-state index contributed by atoms with van der Waals surface area (Å²) in [4.78, 5) is 14.0. The highest BCUT2D eigenvalue weighted by molar-refractivity contribution is 5.80. The van der Waals surface area contributed by atoms with Crippen LogP contribution in [0.3, 0.4) is 0 Å². The van der Waals surface area contributed by atoms with Crippen molar-refractivity contribution in [3.63, 3.8) is 0 Å². The largest absolute Gasteiger partial charge is 0.351 e. The molecule has 2 aromatic heterocycles. The van der Waals surface area contributed by atoms with Gasteiger partial charge in [-0.1, -0.05) is 36.4 Å². The van der Waals surface area contributed by atoms with Gasteiger partial charge >= 0.3 is 0 Å². The van der Waals surface area contributed by atoms with E-state index in [1.54, 1.807) is 0 Å². The van der Waals surface area contributed by atoms with Crippen LogP contribution in [0.4, 0.5) is 0 Å². The first-order chi connectivity index (χ1) is 13.7. The molecule has 0 unspecified atom stereocenters. The Hall–Kier alpha value is -2.86.